The van der Waals surface area contributed by atoms with Gasteiger partial charge in [-0.1, -0.05) is 12.7 Å². The van der Waals surface area contributed by atoms with E-state index in [9.17, 15) is 4.21 Å². The molecular formula is C23H28N2O3S. The van der Waals surface area contributed by atoms with E-state index in [0.717, 1.165) is 41.7 Å². The largest absolute Gasteiger partial charge is 0.497 e. The Morgan fingerprint density at radius 3 is 2.90 bits per heavy atom. The number of hydrogen-bond donors (Lipinski definition) is 0. The summed E-state index contributed by atoms with van der Waals surface area (Å²) in [5.74, 6) is 1.87. The summed E-state index contributed by atoms with van der Waals surface area (Å²) >= 11 is -1.56. The Kier molecular flexibility index (Phi) is 5.86. The van der Waals surface area contributed by atoms with E-state index >= 15 is 0 Å². The minimum atomic E-state index is -1.56. The van der Waals surface area contributed by atoms with Crippen molar-refractivity contribution in [3.63, 3.8) is 0 Å². The third-order valence-corrected chi connectivity index (χ3v) is 7.22. The number of nitrogens with zero attached hydrogens (tertiary/aromatic N) is 2. The van der Waals surface area contributed by atoms with Crippen LogP contribution < -0.4 is 4.74 Å². The van der Waals surface area contributed by atoms with Crippen LogP contribution in [0.4, 0.5) is 0 Å². The lowest BCUT2D eigenvalue weighted by Crippen LogP contribution is -2.55. The maximum atomic E-state index is 12.7. The van der Waals surface area contributed by atoms with Crippen LogP contribution in [0.15, 0.2) is 54.6 Å². The molecule has 3 saturated heterocycles. The zero-order chi connectivity index (χ0) is 20.5. The number of rotatable bonds is 7. The van der Waals surface area contributed by atoms with Gasteiger partial charge in [0, 0.05) is 29.1 Å². The van der Waals surface area contributed by atoms with Gasteiger partial charge in [-0.3, -0.25) is 14.1 Å². The highest BCUT2D eigenvalue weighted by Gasteiger charge is 2.44. The molecule has 154 valence electrons. The Morgan fingerprint density at radius 2 is 2.24 bits per heavy atom. The molecule has 2 aromatic rings. The first kappa shape index (κ1) is 20.3. The molecule has 0 aliphatic carbocycles. The fourth-order valence-electron chi connectivity index (χ4n) is 4.71. The predicted octanol–water partition coefficient (Wildman–Crippen LogP) is 4.39. The Labute approximate surface area is 175 Å². The molecule has 3 aliphatic rings. The molecule has 4 heterocycles. The normalized spacial score (nSPS) is 28.1. The van der Waals surface area contributed by atoms with Crippen molar-refractivity contribution in [1.29, 1.82) is 0 Å². The predicted molar refractivity (Wildman–Crippen MR) is 117 cm³/mol. The number of fused-ring (bicyclic) bond motifs is 4. The topological polar surface area (TPSA) is 51.7 Å². The Balaban J connectivity index is 1.78. The van der Waals surface area contributed by atoms with Crippen molar-refractivity contribution in [1.82, 2.24) is 9.88 Å². The van der Waals surface area contributed by atoms with Crippen molar-refractivity contribution in [3.8, 4) is 5.75 Å². The molecule has 2 bridgehead atoms. The maximum Gasteiger partial charge on any atom is 0.184 e. The summed E-state index contributed by atoms with van der Waals surface area (Å²) in [6, 6.07) is 7.98. The molecule has 0 amide bonds. The zero-order valence-electron chi connectivity index (χ0n) is 17.0. The first-order chi connectivity index (χ1) is 14.0. The molecule has 6 atom stereocenters. The lowest BCUT2D eigenvalue weighted by Gasteiger charge is -2.51. The lowest BCUT2D eigenvalue weighted by molar-refractivity contribution is -0.0319. The molecular weight excluding hydrogens is 384 g/mol. The fraction of sp³-hybridized carbons (Fsp3) is 0.435. The summed E-state index contributed by atoms with van der Waals surface area (Å²) in [5.41, 5.74) is 1.87. The average Bonchev–Trinajstić information content (AvgIpc) is 2.76. The van der Waals surface area contributed by atoms with Crippen LogP contribution >= 0.6 is 0 Å². The molecule has 6 heteroatoms. The quantitative estimate of drug-likeness (QED) is 0.631. The van der Waals surface area contributed by atoms with E-state index in [1.807, 2.05) is 24.3 Å². The van der Waals surface area contributed by atoms with Crippen molar-refractivity contribution < 1.29 is 13.1 Å². The lowest BCUT2D eigenvalue weighted by atomic mass is 9.73. The van der Waals surface area contributed by atoms with E-state index in [2.05, 4.69) is 29.1 Å². The first-order valence-electron chi connectivity index (χ1n) is 10.1. The number of benzene rings is 1. The van der Waals surface area contributed by atoms with E-state index in [4.69, 9.17) is 8.92 Å². The number of piperidine rings is 3. The van der Waals surface area contributed by atoms with E-state index in [-0.39, 0.29) is 12.1 Å². The summed E-state index contributed by atoms with van der Waals surface area (Å²) in [7, 11) is 1.66. The van der Waals surface area contributed by atoms with Crippen LogP contribution in [0.25, 0.3) is 10.9 Å². The van der Waals surface area contributed by atoms with Gasteiger partial charge in [-0.05, 0) is 68.0 Å². The summed E-state index contributed by atoms with van der Waals surface area (Å²) in [5, 5.41) is 0.971. The second-order valence-corrected chi connectivity index (χ2v) is 9.34. The standard InChI is InChI=1S/C23H28N2O3S/c1-5-16-14-25-11-9-17(16)12-22(25)23(28-29(26)15(2)3)19-8-10-24-21-7-6-18(27-4)13-20(19)21/h5-8,10,13,16-17,22-23H,1-2,9,11-12,14H2,3-4H3/t16-,17-,22+,23+,29-/m0/s1. The summed E-state index contributed by atoms with van der Waals surface area (Å²) < 4.78 is 24.3. The molecule has 1 aromatic heterocycles. The molecule has 1 unspecified atom stereocenters. The van der Waals surface area contributed by atoms with Gasteiger partial charge in [0.05, 0.1) is 12.6 Å². The molecule has 0 N–H and O–H groups in total. The van der Waals surface area contributed by atoms with Crippen LogP contribution in [0.3, 0.4) is 0 Å². The average molecular weight is 413 g/mol. The number of hydrogen-bond acceptors (Lipinski definition) is 5. The number of aromatic nitrogens is 1. The van der Waals surface area contributed by atoms with Crippen molar-refractivity contribution in [2.75, 3.05) is 20.2 Å². The van der Waals surface area contributed by atoms with E-state index in [1.165, 1.54) is 6.42 Å². The van der Waals surface area contributed by atoms with E-state index in [0.29, 0.717) is 16.7 Å². The van der Waals surface area contributed by atoms with Gasteiger partial charge < -0.3 is 4.74 Å². The van der Waals surface area contributed by atoms with Crippen LogP contribution in [0.2, 0.25) is 0 Å². The fourth-order valence-corrected chi connectivity index (χ4v) is 5.30. The van der Waals surface area contributed by atoms with Gasteiger partial charge in [0.1, 0.15) is 11.9 Å². The van der Waals surface area contributed by atoms with Crippen molar-refractivity contribution in [3.05, 3.63) is 60.2 Å². The Bertz CT molecular complexity index is 960. The maximum absolute atomic E-state index is 12.7. The van der Waals surface area contributed by atoms with E-state index < -0.39 is 11.1 Å². The van der Waals surface area contributed by atoms with Gasteiger partial charge >= 0.3 is 0 Å². The molecule has 3 fully saturated rings. The number of pyridine rings is 1. The zero-order valence-corrected chi connectivity index (χ0v) is 17.9. The van der Waals surface area contributed by atoms with Gasteiger partial charge in [0.25, 0.3) is 0 Å². The highest BCUT2D eigenvalue weighted by Crippen LogP contribution is 2.44. The third-order valence-electron chi connectivity index (χ3n) is 6.27. The first-order valence-corrected chi connectivity index (χ1v) is 11.1. The van der Waals surface area contributed by atoms with E-state index in [1.54, 1.807) is 20.2 Å². The van der Waals surface area contributed by atoms with Crippen molar-refractivity contribution in [2.24, 2.45) is 11.8 Å². The summed E-state index contributed by atoms with van der Waals surface area (Å²) in [6.45, 7) is 11.6. The highest BCUT2D eigenvalue weighted by atomic mass is 32.2. The summed E-state index contributed by atoms with van der Waals surface area (Å²) in [6.07, 6.45) is 5.73. The molecule has 0 spiro atoms. The highest BCUT2D eigenvalue weighted by molar-refractivity contribution is 7.84. The second-order valence-electron chi connectivity index (χ2n) is 7.98. The Hall–Kier alpha value is -2.02. The van der Waals surface area contributed by atoms with Gasteiger partial charge in [0.2, 0.25) is 0 Å². The third kappa shape index (κ3) is 3.89. The van der Waals surface area contributed by atoms with Crippen LogP contribution in [-0.4, -0.2) is 40.3 Å². The number of ether oxygens (including phenoxy) is 1. The van der Waals surface area contributed by atoms with Crippen LogP contribution in [0.5, 0.6) is 5.75 Å². The van der Waals surface area contributed by atoms with Gasteiger partial charge in [-0.25, -0.2) is 4.21 Å². The number of methoxy groups -OCH3 is 1. The molecule has 3 aliphatic heterocycles. The minimum absolute atomic E-state index is 0.157. The van der Waals surface area contributed by atoms with Gasteiger partial charge in [-0.2, -0.15) is 0 Å². The Morgan fingerprint density at radius 1 is 1.41 bits per heavy atom. The van der Waals surface area contributed by atoms with Crippen molar-refractivity contribution >= 4 is 22.0 Å². The minimum Gasteiger partial charge on any atom is -0.497 e. The molecule has 29 heavy (non-hydrogen) atoms. The SMILES string of the molecule is C=C[C@H]1CN2CC[C@H]1C[C@@H]2[C@H](O[S@](=O)C(=C)C)c1ccnc2ccc(OC)cc12. The monoisotopic (exact) mass is 412 g/mol. The molecule has 5 rings (SSSR count). The number of allylic oxidation sites excluding steroid dienone is 1. The molecule has 0 saturated carbocycles. The molecule has 5 nitrogen and oxygen atoms in total. The smallest absolute Gasteiger partial charge is 0.184 e. The van der Waals surface area contributed by atoms with Crippen molar-refractivity contribution in [2.45, 2.75) is 31.9 Å². The second kappa shape index (κ2) is 8.38. The van der Waals surface area contributed by atoms with Gasteiger partial charge in [-0.15, -0.1) is 6.58 Å². The van der Waals surface area contributed by atoms with Crippen LogP contribution in [0, 0.1) is 11.8 Å². The molecule has 0 radical (unpaired) electrons. The molecule has 1 aromatic carbocycles. The van der Waals surface area contributed by atoms with Crippen LogP contribution in [-0.2, 0) is 15.3 Å². The summed E-state index contributed by atoms with van der Waals surface area (Å²) in [4.78, 5) is 7.49. The van der Waals surface area contributed by atoms with Gasteiger partial charge in [0.15, 0.2) is 11.1 Å². The van der Waals surface area contributed by atoms with Crippen LogP contribution in [0.1, 0.15) is 31.4 Å².